The molecular weight excluding hydrogens is 230 g/mol. The van der Waals surface area contributed by atoms with Crippen molar-refractivity contribution >= 4 is 17.6 Å². The van der Waals surface area contributed by atoms with Crippen LogP contribution >= 0.6 is 11.6 Å². The molecule has 0 aromatic heterocycles. The summed E-state index contributed by atoms with van der Waals surface area (Å²) in [7, 11) is 1.46. The lowest BCUT2D eigenvalue weighted by molar-refractivity contribution is -0.137. The fraction of sp³-hybridized carbons (Fsp3) is 0.273. The standard InChI is InChI=1S/C11H10ClNO3/c1-16-10-3-2-8(12)5-9(10)7(6-13)4-11(14)15/h2-3,5,7H,4H2,1H3,(H,14,15). The van der Waals surface area contributed by atoms with Crippen molar-refractivity contribution in [1.82, 2.24) is 0 Å². The molecule has 0 amide bonds. The third-order valence-electron chi connectivity index (χ3n) is 2.10. The van der Waals surface area contributed by atoms with E-state index in [9.17, 15) is 4.79 Å². The minimum absolute atomic E-state index is 0.271. The summed E-state index contributed by atoms with van der Waals surface area (Å²) in [6.07, 6.45) is -0.271. The van der Waals surface area contributed by atoms with Crippen LogP contribution in [0.1, 0.15) is 17.9 Å². The van der Waals surface area contributed by atoms with E-state index < -0.39 is 11.9 Å². The molecule has 1 unspecified atom stereocenters. The van der Waals surface area contributed by atoms with Gasteiger partial charge in [0.25, 0.3) is 0 Å². The van der Waals surface area contributed by atoms with Gasteiger partial charge in [-0.15, -0.1) is 0 Å². The van der Waals surface area contributed by atoms with Gasteiger partial charge in [0.15, 0.2) is 0 Å². The Morgan fingerprint density at radius 3 is 2.88 bits per heavy atom. The second kappa shape index (κ2) is 5.38. The van der Waals surface area contributed by atoms with Crippen LogP contribution in [0, 0.1) is 11.3 Å². The lowest BCUT2D eigenvalue weighted by Gasteiger charge is -2.12. The maximum absolute atomic E-state index is 10.6. The number of nitrogens with zero attached hydrogens (tertiary/aromatic N) is 1. The second-order valence-electron chi connectivity index (χ2n) is 3.17. The van der Waals surface area contributed by atoms with Crippen molar-refractivity contribution in [1.29, 1.82) is 5.26 Å². The van der Waals surface area contributed by atoms with Gasteiger partial charge in [0.1, 0.15) is 5.75 Å². The molecule has 0 fully saturated rings. The molecule has 1 aromatic rings. The SMILES string of the molecule is COc1ccc(Cl)cc1C(C#N)CC(=O)O. The maximum Gasteiger partial charge on any atom is 0.305 e. The third-order valence-corrected chi connectivity index (χ3v) is 2.34. The summed E-state index contributed by atoms with van der Waals surface area (Å²) in [5.74, 6) is -1.32. The van der Waals surface area contributed by atoms with Crippen LogP contribution in [0.4, 0.5) is 0 Å². The highest BCUT2D eigenvalue weighted by atomic mass is 35.5. The van der Waals surface area contributed by atoms with Gasteiger partial charge >= 0.3 is 5.97 Å². The average Bonchev–Trinajstić information content (AvgIpc) is 2.25. The Labute approximate surface area is 98.0 Å². The lowest BCUT2D eigenvalue weighted by Crippen LogP contribution is -2.06. The quantitative estimate of drug-likeness (QED) is 0.876. The number of ether oxygens (including phenoxy) is 1. The minimum atomic E-state index is -1.03. The number of halogens is 1. The molecule has 0 saturated heterocycles. The minimum Gasteiger partial charge on any atom is -0.496 e. The number of benzene rings is 1. The van der Waals surface area contributed by atoms with Crippen LogP contribution in [0.25, 0.3) is 0 Å². The van der Waals surface area contributed by atoms with Gasteiger partial charge in [-0.1, -0.05) is 11.6 Å². The molecule has 1 aromatic carbocycles. The van der Waals surface area contributed by atoms with Crippen molar-refractivity contribution < 1.29 is 14.6 Å². The summed E-state index contributed by atoms with van der Waals surface area (Å²) in [5, 5.41) is 18.1. The van der Waals surface area contributed by atoms with Gasteiger partial charge in [-0.25, -0.2) is 0 Å². The van der Waals surface area contributed by atoms with E-state index in [1.165, 1.54) is 7.11 Å². The summed E-state index contributed by atoms with van der Waals surface area (Å²) in [6.45, 7) is 0. The van der Waals surface area contributed by atoms with Crippen LogP contribution in [-0.4, -0.2) is 18.2 Å². The number of carbonyl (C=O) groups is 1. The van der Waals surface area contributed by atoms with Crippen molar-refractivity contribution in [3.63, 3.8) is 0 Å². The van der Waals surface area contributed by atoms with E-state index in [4.69, 9.17) is 26.7 Å². The van der Waals surface area contributed by atoms with Gasteiger partial charge < -0.3 is 9.84 Å². The van der Waals surface area contributed by atoms with Gasteiger partial charge in [-0.05, 0) is 18.2 Å². The van der Waals surface area contributed by atoms with Crippen molar-refractivity contribution in [3.05, 3.63) is 28.8 Å². The first-order valence-corrected chi connectivity index (χ1v) is 4.91. The van der Waals surface area contributed by atoms with E-state index in [0.717, 1.165) is 0 Å². The molecule has 1 rings (SSSR count). The zero-order valence-corrected chi connectivity index (χ0v) is 9.36. The van der Waals surface area contributed by atoms with Crippen LogP contribution in [0.3, 0.4) is 0 Å². The zero-order valence-electron chi connectivity index (χ0n) is 8.61. The molecule has 0 aliphatic carbocycles. The van der Waals surface area contributed by atoms with Gasteiger partial charge in [0.05, 0.1) is 25.5 Å². The lowest BCUT2D eigenvalue weighted by atomic mass is 9.96. The molecule has 16 heavy (non-hydrogen) atoms. The molecule has 1 N–H and O–H groups in total. The number of methoxy groups -OCH3 is 1. The molecule has 0 aliphatic rings. The van der Waals surface area contributed by atoms with Gasteiger partial charge in [-0.3, -0.25) is 4.79 Å². The number of hydrogen-bond donors (Lipinski definition) is 1. The molecule has 84 valence electrons. The Hall–Kier alpha value is -1.73. The highest BCUT2D eigenvalue weighted by molar-refractivity contribution is 6.30. The van der Waals surface area contributed by atoms with Gasteiger partial charge in [0.2, 0.25) is 0 Å². The average molecular weight is 240 g/mol. The van der Waals surface area contributed by atoms with Crippen LogP contribution in [-0.2, 0) is 4.79 Å². The first kappa shape index (κ1) is 12.3. The molecule has 4 nitrogen and oxygen atoms in total. The van der Waals surface area contributed by atoms with Crippen molar-refractivity contribution in [2.24, 2.45) is 0 Å². The summed E-state index contributed by atoms with van der Waals surface area (Å²) in [5.41, 5.74) is 0.500. The van der Waals surface area contributed by atoms with E-state index >= 15 is 0 Å². The van der Waals surface area contributed by atoms with Crippen LogP contribution in [0.15, 0.2) is 18.2 Å². The van der Waals surface area contributed by atoms with E-state index in [0.29, 0.717) is 16.3 Å². The summed E-state index contributed by atoms with van der Waals surface area (Å²) in [4.78, 5) is 10.6. The molecule has 0 spiro atoms. The van der Waals surface area contributed by atoms with Gasteiger partial charge in [0, 0.05) is 10.6 Å². The summed E-state index contributed by atoms with van der Waals surface area (Å²) >= 11 is 5.80. The Bertz CT molecular complexity index is 439. The number of carboxylic acids is 1. The Morgan fingerprint density at radius 1 is 1.69 bits per heavy atom. The number of rotatable bonds is 4. The fourth-order valence-electron chi connectivity index (χ4n) is 1.38. The predicted molar refractivity (Wildman–Crippen MR) is 58.6 cm³/mol. The molecule has 0 aliphatic heterocycles. The Kier molecular flexibility index (Phi) is 4.15. The Balaban J connectivity index is 3.13. The molecule has 0 heterocycles. The zero-order chi connectivity index (χ0) is 12.1. The number of hydrogen-bond acceptors (Lipinski definition) is 3. The van der Waals surface area contributed by atoms with Crippen molar-refractivity contribution in [2.75, 3.05) is 7.11 Å². The number of carboxylic acid groups (broad SMARTS) is 1. The van der Waals surface area contributed by atoms with E-state index in [2.05, 4.69) is 0 Å². The smallest absolute Gasteiger partial charge is 0.305 e. The largest absolute Gasteiger partial charge is 0.496 e. The number of aliphatic carboxylic acids is 1. The Morgan fingerprint density at radius 2 is 2.38 bits per heavy atom. The van der Waals surface area contributed by atoms with E-state index in [-0.39, 0.29) is 6.42 Å². The van der Waals surface area contributed by atoms with Gasteiger partial charge in [-0.2, -0.15) is 5.26 Å². The normalized spacial score (nSPS) is 11.6. The first-order chi connectivity index (χ1) is 7.58. The fourth-order valence-corrected chi connectivity index (χ4v) is 1.56. The van der Waals surface area contributed by atoms with Crippen LogP contribution in [0.5, 0.6) is 5.75 Å². The topological polar surface area (TPSA) is 70.3 Å². The highest BCUT2D eigenvalue weighted by Gasteiger charge is 2.19. The third kappa shape index (κ3) is 2.88. The van der Waals surface area contributed by atoms with Crippen LogP contribution in [0.2, 0.25) is 5.02 Å². The molecule has 5 heteroatoms. The molecule has 0 bridgehead atoms. The maximum atomic E-state index is 10.6. The molecule has 1 atom stereocenters. The second-order valence-corrected chi connectivity index (χ2v) is 3.60. The molecule has 0 saturated carbocycles. The highest BCUT2D eigenvalue weighted by Crippen LogP contribution is 2.31. The monoisotopic (exact) mass is 239 g/mol. The summed E-state index contributed by atoms with van der Waals surface area (Å²) in [6, 6.07) is 6.72. The summed E-state index contributed by atoms with van der Waals surface area (Å²) < 4.78 is 5.06. The number of nitriles is 1. The molecular formula is C11H10ClNO3. The van der Waals surface area contributed by atoms with Crippen LogP contribution < -0.4 is 4.74 Å². The first-order valence-electron chi connectivity index (χ1n) is 4.53. The van der Waals surface area contributed by atoms with Crippen molar-refractivity contribution in [2.45, 2.75) is 12.3 Å². The molecule has 0 radical (unpaired) electrons. The van der Waals surface area contributed by atoms with E-state index in [1.54, 1.807) is 18.2 Å². The van der Waals surface area contributed by atoms with E-state index in [1.807, 2.05) is 6.07 Å². The van der Waals surface area contributed by atoms with Crippen molar-refractivity contribution in [3.8, 4) is 11.8 Å². The predicted octanol–water partition coefficient (Wildman–Crippen LogP) is 2.43.